The molecule has 1 amide bonds. The van der Waals surface area contributed by atoms with E-state index in [9.17, 15) is 4.79 Å². The minimum atomic E-state index is -0.172. The summed E-state index contributed by atoms with van der Waals surface area (Å²) in [7, 11) is 0. The van der Waals surface area contributed by atoms with Crippen LogP contribution in [0.5, 0.6) is 0 Å². The van der Waals surface area contributed by atoms with Crippen LogP contribution in [0.25, 0.3) is 5.65 Å². The smallest absolute Gasteiger partial charge is 0.224 e. The Morgan fingerprint density at radius 3 is 3.14 bits per heavy atom. The van der Waals surface area contributed by atoms with E-state index in [1.54, 1.807) is 0 Å². The number of nitrogens with zero attached hydrogens (tertiary/aromatic N) is 3. The Labute approximate surface area is 123 Å². The Kier molecular flexibility index (Phi) is 3.88. The molecule has 3 atom stereocenters. The molecule has 0 saturated heterocycles. The molecular weight excluding hydrogens is 266 g/mol. The average molecular weight is 287 g/mol. The monoisotopic (exact) mass is 287 g/mol. The Hall–Kier alpha value is -1.95. The van der Waals surface area contributed by atoms with Crippen molar-refractivity contribution in [3.05, 3.63) is 30.2 Å². The highest BCUT2D eigenvalue weighted by molar-refractivity contribution is 5.79. The van der Waals surface area contributed by atoms with E-state index in [4.69, 9.17) is 5.73 Å². The van der Waals surface area contributed by atoms with Gasteiger partial charge in [-0.25, -0.2) is 0 Å². The zero-order valence-electron chi connectivity index (χ0n) is 12.2. The lowest BCUT2D eigenvalue weighted by Gasteiger charge is -2.20. The van der Waals surface area contributed by atoms with E-state index >= 15 is 0 Å². The normalized spacial score (nSPS) is 23.3. The Balaban J connectivity index is 1.74. The molecule has 0 aromatic carbocycles. The maximum atomic E-state index is 12.4. The van der Waals surface area contributed by atoms with Crippen molar-refractivity contribution in [1.29, 1.82) is 0 Å². The predicted octanol–water partition coefficient (Wildman–Crippen LogP) is 1.28. The number of nitrogens with one attached hydrogen (secondary N) is 1. The molecular formula is C15H21N5O. The molecule has 0 bridgehead atoms. The van der Waals surface area contributed by atoms with Gasteiger partial charge in [-0.1, -0.05) is 12.5 Å². The van der Waals surface area contributed by atoms with E-state index in [1.165, 1.54) is 0 Å². The van der Waals surface area contributed by atoms with Crippen molar-refractivity contribution in [1.82, 2.24) is 19.9 Å². The summed E-state index contributed by atoms with van der Waals surface area (Å²) in [5.41, 5.74) is 6.54. The van der Waals surface area contributed by atoms with Crippen molar-refractivity contribution >= 4 is 11.6 Å². The van der Waals surface area contributed by atoms with Crippen LogP contribution in [0.15, 0.2) is 24.4 Å². The van der Waals surface area contributed by atoms with Gasteiger partial charge in [-0.05, 0) is 44.4 Å². The number of pyridine rings is 1. The first-order valence-electron chi connectivity index (χ1n) is 7.51. The van der Waals surface area contributed by atoms with Crippen molar-refractivity contribution in [3.63, 3.8) is 0 Å². The van der Waals surface area contributed by atoms with Crippen LogP contribution < -0.4 is 11.1 Å². The summed E-state index contributed by atoms with van der Waals surface area (Å²) in [6, 6.07) is 5.57. The summed E-state index contributed by atoms with van der Waals surface area (Å²) in [5.74, 6) is 1.19. The molecule has 2 aromatic rings. The third kappa shape index (κ3) is 2.63. The van der Waals surface area contributed by atoms with Crippen LogP contribution in [0.1, 0.15) is 38.1 Å². The van der Waals surface area contributed by atoms with Crippen LogP contribution in [0.3, 0.4) is 0 Å². The number of rotatable bonds is 4. The maximum absolute atomic E-state index is 12.4. The van der Waals surface area contributed by atoms with Gasteiger partial charge in [0.25, 0.3) is 0 Å². The number of hydrogen-bond donors (Lipinski definition) is 2. The lowest BCUT2D eigenvalue weighted by molar-refractivity contribution is -0.126. The summed E-state index contributed by atoms with van der Waals surface area (Å²) in [6.45, 7) is 2.52. The van der Waals surface area contributed by atoms with Crippen LogP contribution in [0.2, 0.25) is 0 Å². The molecule has 3 rings (SSSR count). The molecule has 112 valence electrons. The number of hydrogen-bond acceptors (Lipinski definition) is 4. The number of carbonyl (C=O) groups is 1. The summed E-state index contributed by atoms with van der Waals surface area (Å²) in [6.07, 6.45) is 4.98. The number of aromatic nitrogens is 3. The van der Waals surface area contributed by atoms with Crippen LogP contribution in [-0.2, 0) is 4.79 Å². The van der Waals surface area contributed by atoms with E-state index in [1.807, 2.05) is 35.7 Å². The third-order valence-corrected chi connectivity index (χ3v) is 4.38. The van der Waals surface area contributed by atoms with Gasteiger partial charge in [0.1, 0.15) is 0 Å². The highest BCUT2D eigenvalue weighted by Crippen LogP contribution is 2.31. The van der Waals surface area contributed by atoms with Crippen molar-refractivity contribution in [2.45, 2.75) is 32.2 Å². The van der Waals surface area contributed by atoms with Crippen LogP contribution in [0, 0.1) is 11.8 Å². The Morgan fingerprint density at radius 1 is 1.48 bits per heavy atom. The average Bonchev–Trinajstić information content (AvgIpc) is 3.13. The van der Waals surface area contributed by atoms with Crippen LogP contribution >= 0.6 is 0 Å². The lowest BCUT2D eigenvalue weighted by atomic mass is 9.95. The first-order valence-corrected chi connectivity index (χ1v) is 7.51. The first kappa shape index (κ1) is 14.0. The summed E-state index contributed by atoms with van der Waals surface area (Å²) in [5, 5.41) is 11.4. The molecule has 1 aliphatic rings. The minimum absolute atomic E-state index is 0.0386. The van der Waals surface area contributed by atoms with E-state index in [2.05, 4.69) is 15.5 Å². The molecule has 6 heteroatoms. The second kappa shape index (κ2) is 5.81. The molecule has 0 radical (unpaired) electrons. The SMILES string of the molecule is CC(NC(=O)[C@@H]1CCC[C@@H]1CN)c1nnc2ccccn12. The predicted molar refractivity (Wildman–Crippen MR) is 79.4 cm³/mol. The van der Waals surface area contributed by atoms with Gasteiger partial charge in [-0.15, -0.1) is 10.2 Å². The van der Waals surface area contributed by atoms with E-state index < -0.39 is 0 Å². The molecule has 3 N–H and O–H groups in total. The topological polar surface area (TPSA) is 85.3 Å². The molecule has 2 heterocycles. The van der Waals surface area contributed by atoms with Gasteiger partial charge in [-0.3, -0.25) is 9.20 Å². The van der Waals surface area contributed by atoms with Crippen molar-refractivity contribution in [2.24, 2.45) is 17.6 Å². The van der Waals surface area contributed by atoms with Gasteiger partial charge >= 0.3 is 0 Å². The summed E-state index contributed by atoms with van der Waals surface area (Å²) < 4.78 is 1.90. The molecule has 6 nitrogen and oxygen atoms in total. The fraction of sp³-hybridized carbons (Fsp3) is 0.533. The number of amides is 1. The number of carbonyl (C=O) groups excluding carboxylic acids is 1. The Bertz CT molecular complexity index is 638. The molecule has 1 fully saturated rings. The highest BCUT2D eigenvalue weighted by atomic mass is 16.2. The minimum Gasteiger partial charge on any atom is -0.346 e. The molecule has 1 aliphatic carbocycles. The van der Waals surface area contributed by atoms with Crippen molar-refractivity contribution in [3.8, 4) is 0 Å². The van der Waals surface area contributed by atoms with Crippen LogP contribution in [-0.4, -0.2) is 27.0 Å². The van der Waals surface area contributed by atoms with Gasteiger partial charge < -0.3 is 11.1 Å². The van der Waals surface area contributed by atoms with Gasteiger partial charge in [0.2, 0.25) is 5.91 Å². The van der Waals surface area contributed by atoms with Gasteiger partial charge in [-0.2, -0.15) is 0 Å². The summed E-state index contributed by atoms with van der Waals surface area (Å²) in [4.78, 5) is 12.4. The molecule has 21 heavy (non-hydrogen) atoms. The maximum Gasteiger partial charge on any atom is 0.224 e. The number of fused-ring (bicyclic) bond motifs is 1. The van der Waals surface area contributed by atoms with Gasteiger partial charge in [0, 0.05) is 12.1 Å². The molecule has 1 saturated carbocycles. The fourth-order valence-corrected chi connectivity index (χ4v) is 3.20. The van der Waals surface area contributed by atoms with Crippen molar-refractivity contribution in [2.75, 3.05) is 6.54 Å². The highest BCUT2D eigenvalue weighted by Gasteiger charge is 2.32. The summed E-state index contributed by atoms with van der Waals surface area (Å²) >= 11 is 0. The van der Waals surface area contributed by atoms with E-state index in [0.717, 1.165) is 30.7 Å². The zero-order chi connectivity index (χ0) is 14.8. The third-order valence-electron chi connectivity index (χ3n) is 4.38. The molecule has 0 aliphatic heterocycles. The van der Waals surface area contributed by atoms with Crippen LogP contribution in [0.4, 0.5) is 0 Å². The number of nitrogens with two attached hydrogens (primary N) is 1. The molecule has 1 unspecified atom stereocenters. The molecule has 2 aromatic heterocycles. The quantitative estimate of drug-likeness (QED) is 0.887. The Morgan fingerprint density at radius 2 is 2.33 bits per heavy atom. The van der Waals surface area contributed by atoms with Gasteiger partial charge in [0.15, 0.2) is 11.5 Å². The van der Waals surface area contributed by atoms with Crippen molar-refractivity contribution < 1.29 is 4.79 Å². The lowest BCUT2D eigenvalue weighted by Crippen LogP contribution is -2.37. The second-order valence-corrected chi connectivity index (χ2v) is 5.75. The second-order valence-electron chi connectivity index (χ2n) is 5.75. The molecule has 0 spiro atoms. The largest absolute Gasteiger partial charge is 0.346 e. The van der Waals surface area contributed by atoms with Gasteiger partial charge in [0.05, 0.1) is 6.04 Å². The first-order chi connectivity index (χ1) is 10.2. The standard InChI is InChI=1S/C15H21N5O/c1-10(14-19-18-13-7-2-3-8-20(13)14)17-15(21)12-6-4-5-11(12)9-16/h2-3,7-8,10-12H,4-6,9,16H2,1H3,(H,17,21)/t10?,11-,12-/m1/s1. The zero-order valence-corrected chi connectivity index (χ0v) is 12.2. The van der Waals surface area contributed by atoms with E-state index in [-0.39, 0.29) is 17.9 Å². The fourth-order valence-electron chi connectivity index (χ4n) is 3.20. The van der Waals surface area contributed by atoms with E-state index in [0.29, 0.717) is 12.5 Å².